The van der Waals surface area contributed by atoms with E-state index in [1.165, 1.54) is 0 Å². The highest BCUT2D eigenvalue weighted by Crippen LogP contribution is 2.33. The predicted octanol–water partition coefficient (Wildman–Crippen LogP) is 4.60. The number of aliphatic hydroxyl groups is 1. The number of ether oxygens (including phenoxy) is 1. The van der Waals surface area contributed by atoms with Crippen LogP contribution in [0, 0.1) is 0 Å². The lowest BCUT2D eigenvalue weighted by atomic mass is 9.78. The third-order valence-corrected chi connectivity index (χ3v) is 3.53. The van der Waals surface area contributed by atoms with Crippen molar-refractivity contribution in [3.05, 3.63) is 29.3 Å². The van der Waals surface area contributed by atoms with Crippen molar-refractivity contribution < 1.29 is 14.6 Å². The van der Waals surface area contributed by atoms with Gasteiger partial charge in [0.05, 0.1) is 6.61 Å². The molecule has 0 unspecified atom stereocenters. The highest BCUT2D eigenvalue weighted by molar-refractivity contribution is 5.85. The summed E-state index contributed by atoms with van der Waals surface area (Å²) >= 11 is 0. The van der Waals surface area contributed by atoms with E-state index in [9.17, 15) is 9.90 Å². The summed E-state index contributed by atoms with van der Waals surface area (Å²) in [6, 6.07) is 5.59. The van der Waals surface area contributed by atoms with Gasteiger partial charge in [-0.25, -0.2) is 4.79 Å². The summed E-state index contributed by atoms with van der Waals surface area (Å²) in [6.45, 7) is 11.9. The summed E-state index contributed by atoms with van der Waals surface area (Å²) in [6.07, 6.45) is 1.60. The van der Waals surface area contributed by atoms with E-state index in [-0.39, 0.29) is 12.0 Å². The van der Waals surface area contributed by atoms with Crippen molar-refractivity contribution in [3.8, 4) is 0 Å². The molecule has 0 saturated carbocycles. The van der Waals surface area contributed by atoms with Gasteiger partial charge in [0.2, 0.25) is 0 Å². The first-order chi connectivity index (χ1) is 10.1. The van der Waals surface area contributed by atoms with E-state index in [2.05, 4.69) is 26.1 Å². The van der Waals surface area contributed by atoms with Gasteiger partial charge in [0.1, 0.15) is 5.60 Å². The van der Waals surface area contributed by atoms with E-state index in [1.807, 2.05) is 32.9 Å². The van der Waals surface area contributed by atoms with Crippen molar-refractivity contribution in [3.63, 3.8) is 0 Å². The lowest BCUT2D eigenvalue weighted by molar-refractivity contribution is 0.0636. The van der Waals surface area contributed by atoms with Gasteiger partial charge in [0.25, 0.3) is 0 Å². The zero-order chi connectivity index (χ0) is 17.0. The smallest absolute Gasteiger partial charge is 0.412 e. The van der Waals surface area contributed by atoms with Gasteiger partial charge in [-0.05, 0) is 55.9 Å². The zero-order valence-electron chi connectivity index (χ0n) is 14.6. The van der Waals surface area contributed by atoms with Gasteiger partial charge in [-0.1, -0.05) is 33.3 Å². The van der Waals surface area contributed by atoms with Crippen molar-refractivity contribution in [2.75, 3.05) is 5.32 Å². The Balaban J connectivity index is 3.02. The van der Waals surface area contributed by atoms with Crippen LogP contribution in [0.25, 0.3) is 0 Å². The minimum absolute atomic E-state index is 0.00477. The molecule has 4 nitrogen and oxygen atoms in total. The second-order valence-electron chi connectivity index (χ2n) is 7.29. The molecule has 124 valence electrons. The van der Waals surface area contributed by atoms with Gasteiger partial charge in [0, 0.05) is 5.69 Å². The Bertz CT molecular complexity index is 516. The summed E-state index contributed by atoms with van der Waals surface area (Å²) in [5, 5.41) is 12.3. The first-order valence-electron chi connectivity index (χ1n) is 7.83. The summed E-state index contributed by atoms with van der Waals surface area (Å²) in [4.78, 5) is 11.9. The molecule has 0 aliphatic rings. The Morgan fingerprint density at radius 1 is 1.23 bits per heavy atom. The van der Waals surface area contributed by atoms with E-state index in [0.717, 1.165) is 24.0 Å². The van der Waals surface area contributed by atoms with E-state index in [1.54, 1.807) is 6.07 Å². The first-order valence-corrected chi connectivity index (χ1v) is 7.83. The Labute approximate surface area is 133 Å². The summed E-state index contributed by atoms with van der Waals surface area (Å²) < 4.78 is 5.27. The van der Waals surface area contributed by atoms with Crippen LogP contribution in [-0.4, -0.2) is 16.8 Å². The molecule has 1 rings (SSSR count). The van der Waals surface area contributed by atoms with Gasteiger partial charge < -0.3 is 9.84 Å². The number of carbonyl (C=O) groups is 1. The third kappa shape index (κ3) is 5.34. The molecule has 1 aromatic rings. The SMILES string of the molecule is CCCC(C)(C)c1cc(NC(=O)OC(C)(C)C)ccc1CO. The Morgan fingerprint density at radius 2 is 1.86 bits per heavy atom. The first kappa shape index (κ1) is 18.5. The van der Waals surface area contributed by atoms with Crippen LogP contribution >= 0.6 is 0 Å². The topological polar surface area (TPSA) is 58.6 Å². The lowest BCUT2D eigenvalue weighted by Gasteiger charge is -2.28. The largest absolute Gasteiger partial charge is 0.444 e. The van der Waals surface area contributed by atoms with Gasteiger partial charge in [0.15, 0.2) is 0 Å². The molecule has 2 N–H and O–H groups in total. The van der Waals surface area contributed by atoms with Crippen LogP contribution in [0.5, 0.6) is 0 Å². The van der Waals surface area contributed by atoms with Crippen LogP contribution < -0.4 is 5.32 Å². The van der Waals surface area contributed by atoms with Crippen molar-refractivity contribution in [1.82, 2.24) is 0 Å². The van der Waals surface area contributed by atoms with Crippen LogP contribution in [0.3, 0.4) is 0 Å². The number of hydrogen-bond donors (Lipinski definition) is 2. The quantitative estimate of drug-likeness (QED) is 0.835. The molecule has 0 atom stereocenters. The summed E-state index contributed by atoms with van der Waals surface area (Å²) in [7, 11) is 0. The standard InChI is InChI=1S/C18H29NO3/c1-7-10-18(5,6)15-11-14(9-8-13(15)12-20)19-16(21)22-17(2,3)4/h8-9,11,20H,7,10,12H2,1-6H3,(H,19,21). The van der Waals surface area contributed by atoms with Gasteiger partial charge >= 0.3 is 6.09 Å². The Kier molecular flexibility index (Phi) is 6.00. The van der Waals surface area contributed by atoms with Crippen LogP contribution in [0.15, 0.2) is 18.2 Å². The lowest BCUT2D eigenvalue weighted by Crippen LogP contribution is -2.27. The number of nitrogens with one attached hydrogen (secondary N) is 1. The molecule has 0 aliphatic heterocycles. The van der Waals surface area contributed by atoms with Gasteiger partial charge in [-0.3, -0.25) is 5.32 Å². The molecule has 0 radical (unpaired) electrons. The number of amides is 1. The predicted molar refractivity (Wildman–Crippen MR) is 90.2 cm³/mol. The van der Waals surface area contributed by atoms with Crippen LogP contribution in [-0.2, 0) is 16.8 Å². The number of hydrogen-bond acceptors (Lipinski definition) is 3. The number of carbonyl (C=O) groups excluding carboxylic acids is 1. The molecule has 1 aromatic carbocycles. The van der Waals surface area contributed by atoms with E-state index in [0.29, 0.717) is 5.69 Å². The highest BCUT2D eigenvalue weighted by Gasteiger charge is 2.23. The highest BCUT2D eigenvalue weighted by atomic mass is 16.6. The zero-order valence-corrected chi connectivity index (χ0v) is 14.6. The van der Waals surface area contributed by atoms with Crippen molar-refractivity contribution >= 4 is 11.8 Å². The summed E-state index contributed by atoms with van der Waals surface area (Å²) in [5.41, 5.74) is 2.06. The molecule has 0 aromatic heterocycles. The number of rotatable bonds is 5. The second-order valence-corrected chi connectivity index (χ2v) is 7.29. The molecule has 4 heteroatoms. The fraction of sp³-hybridized carbons (Fsp3) is 0.611. The molecule has 0 fully saturated rings. The average Bonchev–Trinajstić information content (AvgIpc) is 2.36. The van der Waals surface area contributed by atoms with Crippen molar-refractivity contribution in [1.29, 1.82) is 0 Å². The van der Waals surface area contributed by atoms with Crippen molar-refractivity contribution in [2.24, 2.45) is 0 Å². The molecule has 1 amide bonds. The van der Waals surface area contributed by atoms with Crippen LogP contribution in [0.4, 0.5) is 10.5 Å². The second kappa shape index (κ2) is 7.14. The number of benzene rings is 1. The maximum Gasteiger partial charge on any atom is 0.412 e. The van der Waals surface area contributed by atoms with Crippen LogP contribution in [0.2, 0.25) is 0 Å². The normalized spacial score (nSPS) is 12.1. The Morgan fingerprint density at radius 3 is 2.36 bits per heavy atom. The molecule has 0 heterocycles. The molecule has 22 heavy (non-hydrogen) atoms. The van der Waals surface area contributed by atoms with Crippen molar-refractivity contribution in [2.45, 2.75) is 72.0 Å². The molecule has 0 aliphatic carbocycles. The van der Waals surface area contributed by atoms with Crippen LogP contribution in [0.1, 0.15) is 65.5 Å². The maximum atomic E-state index is 11.9. The molecular weight excluding hydrogens is 278 g/mol. The van der Waals surface area contributed by atoms with Gasteiger partial charge in [-0.15, -0.1) is 0 Å². The number of anilines is 1. The molecule has 0 spiro atoms. The minimum atomic E-state index is -0.528. The Hall–Kier alpha value is -1.55. The molecule has 0 saturated heterocycles. The average molecular weight is 307 g/mol. The van der Waals surface area contributed by atoms with E-state index < -0.39 is 11.7 Å². The monoisotopic (exact) mass is 307 g/mol. The maximum absolute atomic E-state index is 11.9. The van der Waals surface area contributed by atoms with Gasteiger partial charge in [-0.2, -0.15) is 0 Å². The fourth-order valence-electron chi connectivity index (χ4n) is 2.60. The third-order valence-electron chi connectivity index (χ3n) is 3.53. The van der Waals surface area contributed by atoms with E-state index >= 15 is 0 Å². The molecular formula is C18H29NO3. The van der Waals surface area contributed by atoms with E-state index in [4.69, 9.17) is 4.74 Å². The molecule has 0 bridgehead atoms. The summed E-state index contributed by atoms with van der Waals surface area (Å²) in [5.74, 6) is 0. The minimum Gasteiger partial charge on any atom is -0.444 e. The fourth-order valence-corrected chi connectivity index (χ4v) is 2.60. The number of aliphatic hydroxyl groups excluding tert-OH is 1.